The molecule has 29 heavy (non-hydrogen) atoms. The van der Waals surface area contributed by atoms with Crippen LogP contribution in [-0.4, -0.2) is 13.7 Å². The minimum atomic E-state index is 0.451. The third-order valence-electron chi connectivity index (χ3n) is 4.46. The summed E-state index contributed by atoms with van der Waals surface area (Å²) >= 11 is 5.97. The van der Waals surface area contributed by atoms with Crippen molar-refractivity contribution in [3.05, 3.63) is 88.4 Å². The van der Waals surface area contributed by atoms with E-state index in [1.807, 2.05) is 55.5 Å². The zero-order valence-electron chi connectivity index (χ0n) is 16.8. The van der Waals surface area contributed by atoms with Crippen molar-refractivity contribution >= 4 is 11.6 Å². The Morgan fingerprint density at radius 3 is 2.24 bits per heavy atom. The highest BCUT2D eigenvalue weighted by Crippen LogP contribution is 2.32. The fraction of sp³-hybridized carbons (Fsp3) is 0.250. The quantitative estimate of drug-likeness (QED) is 0.470. The van der Waals surface area contributed by atoms with Gasteiger partial charge < -0.3 is 19.5 Å². The number of para-hydroxylation sites is 1. The molecule has 0 aliphatic rings. The van der Waals surface area contributed by atoms with Gasteiger partial charge in [0, 0.05) is 23.7 Å². The summed E-state index contributed by atoms with van der Waals surface area (Å²) in [7, 11) is 1.67. The highest BCUT2D eigenvalue weighted by Gasteiger charge is 2.11. The van der Waals surface area contributed by atoms with Crippen molar-refractivity contribution in [2.75, 3.05) is 13.7 Å². The SMILES string of the molecule is CCOc1cccc(CNCc2ccc(OC)cc2)c1OCc1ccc(Cl)cc1. The average molecular weight is 412 g/mol. The highest BCUT2D eigenvalue weighted by atomic mass is 35.5. The molecule has 1 N–H and O–H groups in total. The summed E-state index contributed by atoms with van der Waals surface area (Å²) in [5, 5.41) is 4.19. The standard InChI is InChI=1S/C24H26ClNO3/c1-3-28-23-6-4-5-20(16-26-15-18-9-13-22(27-2)14-10-18)24(23)29-17-19-7-11-21(25)12-8-19/h4-14,26H,3,15-17H2,1-2H3. The Morgan fingerprint density at radius 2 is 1.55 bits per heavy atom. The number of halogens is 1. The summed E-state index contributed by atoms with van der Waals surface area (Å²) in [5.74, 6) is 2.38. The van der Waals surface area contributed by atoms with Crippen molar-refractivity contribution in [3.63, 3.8) is 0 Å². The monoisotopic (exact) mass is 411 g/mol. The zero-order chi connectivity index (χ0) is 20.5. The molecule has 0 radical (unpaired) electrons. The molecule has 3 aromatic carbocycles. The molecule has 0 saturated heterocycles. The third kappa shape index (κ3) is 6.14. The Morgan fingerprint density at radius 1 is 0.828 bits per heavy atom. The molecule has 5 heteroatoms. The second-order valence-electron chi connectivity index (χ2n) is 6.54. The van der Waals surface area contributed by atoms with Crippen LogP contribution in [0.25, 0.3) is 0 Å². The predicted molar refractivity (Wildman–Crippen MR) is 117 cm³/mol. The van der Waals surface area contributed by atoms with Gasteiger partial charge in [0.25, 0.3) is 0 Å². The summed E-state index contributed by atoms with van der Waals surface area (Å²) < 4.78 is 17.1. The van der Waals surface area contributed by atoms with Crippen LogP contribution in [0.3, 0.4) is 0 Å². The molecule has 0 saturated carbocycles. The maximum atomic E-state index is 6.16. The van der Waals surface area contributed by atoms with Gasteiger partial charge in [0.05, 0.1) is 13.7 Å². The Bertz CT molecular complexity index is 895. The molecule has 0 aromatic heterocycles. The molecule has 3 rings (SSSR count). The van der Waals surface area contributed by atoms with Crippen LogP contribution in [0.5, 0.6) is 17.2 Å². The maximum Gasteiger partial charge on any atom is 0.166 e. The van der Waals surface area contributed by atoms with Crippen LogP contribution in [-0.2, 0) is 19.7 Å². The minimum absolute atomic E-state index is 0.451. The molecule has 0 amide bonds. The molecular weight excluding hydrogens is 386 g/mol. The van der Waals surface area contributed by atoms with E-state index in [9.17, 15) is 0 Å². The van der Waals surface area contributed by atoms with Crippen LogP contribution in [0.4, 0.5) is 0 Å². The lowest BCUT2D eigenvalue weighted by Gasteiger charge is -2.17. The Hall–Kier alpha value is -2.69. The molecular formula is C24H26ClNO3. The smallest absolute Gasteiger partial charge is 0.166 e. The number of nitrogens with one attached hydrogen (secondary N) is 1. The fourth-order valence-corrected chi connectivity index (χ4v) is 3.08. The van der Waals surface area contributed by atoms with Crippen molar-refractivity contribution in [2.24, 2.45) is 0 Å². The van der Waals surface area contributed by atoms with Crippen LogP contribution >= 0.6 is 11.6 Å². The Kier molecular flexibility index (Phi) is 7.79. The number of methoxy groups -OCH3 is 1. The first-order valence-corrected chi connectivity index (χ1v) is 10.0. The summed E-state index contributed by atoms with van der Waals surface area (Å²) in [6.45, 7) is 4.42. The van der Waals surface area contributed by atoms with Gasteiger partial charge in [-0.3, -0.25) is 0 Å². The molecule has 0 fully saturated rings. The van der Waals surface area contributed by atoms with Gasteiger partial charge in [-0.1, -0.05) is 48.0 Å². The highest BCUT2D eigenvalue weighted by molar-refractivity contribution is 6.30. The molecule has 0 atom stereocenters. The number of rotatable bonds is 10. The van der Waals surface area contributed by atoms with E-state index < -0.39 is 0 Å². The number of hydrogen-bond acceptors (Lipinski definition) is 4. The van der Waals surface area contributed by atoms with Gasteiger partial charge >= 0.3 is 0 Å². The Balaban J connectivity index is 1.67. The van der Waals surface area contributed by atoms with E-state index in [2.05, 4.69) is 23.5 Å². The van der Waals surface area contributed by atoms with E-state index in [1.165, 1.54) is 5.56 Å². The molecule has 0 heterocycles. The lowest BCUT2D eigenvalue weighted by Crippen LogP contribution is -2.14. The second kappa shape index (κ2) is 10.7. The molecule has 0 aliphatic carbocycles. The number of hydrogen-bond donors (Lipinski definition) is 1. The zero-order valence-corrected chi connectivity index (χ0v) is 17.5. The lowest BCUT2D eigenvalue weighted by molar-refractivity contribution is 0.266. The van der Waals surface area contributed by atoms with Crippen LogP contribution in [0.2, 0.25) is 5.02 Å². The second-order valence-corrected chi connectivity index (χ2v) is 6.98. The summed E-state index contributed by atoms with van der Waals surface area (Å²) in [6.07, 6.45) is 0. The van der Waals surface area contributed by atoms with E-state index >= 15 is 0 Å². The summed E-state index contributed by atoms with van der Waals surface area (Å²) in [5.41, 5.74) is 3.30. The Labute approximate surface area is 177 Å². The first-order valence-electron chi connectivity index (χ1n) is 9.65. The normalized spacial score (nSPS) is 10.6. The first-order chi connectivity index (χ1) is 14.2. The molecule has 4 nitrogen and oxygen atoms in total. The van der Waals surface area contributed by atoms with E-state index in [1.54, 1.807) is 7.11 Å². The van der Waals surface area contributed by atoms with Crippen molar-refractivity contribution < 1.29 is 14.2 Å². The van der Waals surface area contributed by atoms with Gasteiger partial charge in [0.15, 0.2) is 11.5 Å². The van der Waals surface area contributed by atoms with Crippen LogP contribution in [0.15, 0.2) is 66.7 Å². The molecule has 3 aromatic rings. The van der Waals surface area contributed by atoms with Crippen molar-refractivity contribution in [3.8, 4) is 17.2 Å². The van der Waals surface area contributed by atoms with Gasteiger partial charge in [0.1, 0.15) is 12.4 Å². The van der Waals surface area contributed by atoms with E-state index in [0.29, 0.717) is 24.8 Å². The topological polar surface area (TPSA) is 39.7 Å². The van der Waals surface area contributed by atoms with E-state index in [4.69, 9.17) is 25.8 Å². The minimum Gasteiger partial charge on any atom is -0.497 e. The summed E-state index contributed by atoms with van der Waals surface area (Å²) in [6, 6.07) is 21.7. The third-order valence-corrected chi connectivity index (χ3v) is 4.71. The first kappa shape index (κ1) is 21.0. The molecule has 152 valence electrons. The average Bonchev–Trinajstić information content (AvgIpc) is 2.75. The van der Waals surface area contributed by atoms with Gasteiger partial charge in [-0.2, -0.15) is 0 Å². The lowest BCUT2D eigenvalue weighted by atomic mass is 10.1. The summed E-state index contributed by atoms with van der Waals surface area (Å²) in [4.78, 5) is 0. The van der Waals surface area contributed by atoms with E-state index in [0.717, 1.165) is 34.9 Å². The van der Waals surface area contributed by atoms with Crippen LogP contribution < -0.4 is 19.5 Å². The van der Waals surface area contributed by atoms with Crippen molar-refractivity contribution in [1.29, 1.82) is 0 Å². The maximum absolute atomic E-state index is 6.16. The van der Waals surface area contributed by atoms with Gasteiger partial charge in [-0.05, 0) is 48.4 Å². The van der Waals surface area contributed by atoms with Gasteiger partial charge in [-0.25, -0.2) is 0 Å². The molecule has 0 unspecified atom stereocenters. The number of benzene rings is 3. The number of ether oxygens (including phenoxy) is 3. The largest absolute Gasteiger partial charge is 0.497 e. The fourth-order valence-electron chi connectivity index (χ4n) is 2.95. The predicted octanol–water partition coefficient (Wildman–Crippen LogP) is 5.62. The van der Waals surface area contributed by atoms with Crippen LogP contribution in [0.1, 0.15) is 23.6 Å². The van der Waals surface area contributed by atoms with E-state index in [-0.39, 0.29) is 0 Å². The molecule has 0 aliphatic heterocycles. The molecule has 0 bridgehead atoms. The van der Waals surface area contributed by atoms with Crippen LogP contribution in [0, 0.1) is 0 Å². The molecule has 0 spiro atoms. The van der Waals surface area contributed by atoms with Gasteiger partial charge in [0.2, 0.25) is 0 Å². The van der Waals surface area contributed by atoms with Crippen molar-refractivity contribution in [2.45, 2.75) is 26.6 Å². The van der Waals surface area contributed by atoms with Crippen molar-refractivity contribution in [1.82, 2.24) is 5.32 Å². The van der Waals surface area contributed by atoms with Gasteiger partial charge in [-0.15, -0.1) is 0 Å².